The predicted molar refractivity (Wildman–Crippen MR) is 103 cm³/mol. The number of benzene rings is 2. The fourth-order valence-electron chi connectivity index (χ4n) is 2.54. The van der Waals surface area contributed by atoms with Crippen LogP contribution in [0.1, 0.15) is 30.9 Å². The summed E-state index contributed by atoms with van der Waals surface area (Å²) in [5, 5.41) is 3.37. The maximum Gasteiger partial charge on any atom is 0.123 e. The smallest absolute Gasteiger partial charge is 0.123 e. The summed E-state index contributed by atoms with van der Waals surface area (Å²) < 4.78 is 16.6. The van der Waals surface area contributed by atoms with Gasteiger partial charge in [0.2, 0.25) is 0 Å². The van der Waals surface area contributed by atoms with Gasteiger partial charge in [-0.2, -0.15) is 0 Å². The van der Waals surface area contributed by atoms with Gasteiger partial charge in [0.15, 0.2) is 0 Å². The summed E-state index contributed by atoms with van der Waals surface area (Å²) in [5.74, 6) is 2.27. The highest BCUT2D eigenvalue weighted by Crippen LogP contribution is 2.27. The Morgan fingerprint density at radius 1 is 0.960 bits per heavy atom. The van der Waals surface area contributed by atoms with Gasteiger partial charge in [-0.05, 0) is 42.2 Å². The van der Waals surface area contributed by atoms with Crippen LogP contribution in [0, 0.1) is 6.92 Å². The SMILES string of the molecule is COCCOc1cccc(NCCOc2cc(C)ccc2C(C)C)c1. The van der Waals surface area contributed by atoms with Crippen LogP contribution in [0.4, 0.5) is 5.69 Å². The topological polar surface area (TPSA) is 39.7 Å². The van der Waals surface area contributed by atoms with E-state index < -0.39 is 0 Å². The third kappa shape index (κ3) is 6.31. The number of anilines is 1. The third-order valence-corrected chi connectivity index (χ3v) is 3.87. The lowest BCUT2D eigenvalue weighted by atomic mass is 10.0. The van der Waals surface area contributed by atoms with Gasteiger partial charge in [-0.25, -0.2) is 0 Å². The first-order valence-electron chi connectivity index (χ1n) is 8.79. The zero-order chi connectivity index (χ0) is 18.1. The Kier molecular flexibility index (Phi) is 7.61. The normalized spacial score (nSPS) is 10.8. The summed E-state index contributed by atoms with van der Waals surface area (Å²) in [7, 11) is 1.67. The van der Waals surface area contributed by atoms with Crippen LogP contribution in [0.5, 0.6) is 11.5 Å². The molecule has 0 fully saturated rings. The molecule has 0 saturated heterocycles. The second-order valence-corrected chi connectivity index (χ2v) is 6.34. The molecule has 0 saturated carbocycles. The maximum atomic E-state index is 6.00. The number of aryl methyl sites for hydroxylation is 1. The molecule has 0 aromatic heterocycles. The van der Waals surface area contributed by atoms with Crippen LogP contribution in [-0.2, 0) is 4.74 Å². The molecule has 25 heavy (non-hydrogen) atoms. The molecule has 4 nitrogen and oxygen atoms in total. The monoisotopic (exact) mass is 343 g/mol. The Morgan fingerprint density at radius 3 is 2.56 bits per heavy atom. The first-order chi connectivity index (χ1) is 12.1. The highest BCUT2D eigenvalue weighted by Gasteiger charge is 2.08. The first-order valence-corrected chi connectivity index (χ1v) is 8.79. The molecule has 2 rings (SSSR count). The number of hydrogen-bond donors (Lipinski definition) is 1. The quantitative estimate of drug-likeness (QED) is 0.638. The van der Waals surface area contributed by atoms with Crippen molar-refractivity contribution in [3.8, 4) is 11.5 Å². The van der Waals surface area contributed by atoms with E-state index in [1.54, 1.807) is 7.11 Å². The molecule has 0 spiro atoms. The van der Waals surface area contributed by atoms with Gasteiger partial charge in [0.1, 0.15) is 24.7 Å². The molecule has 0 heterocycles. The molecule has 2 aromatic rings. The standard InChI is InChI=1S/C21H29NO3/c1-16(2)20-9-8-17(3)14-21(20)25-11-10-22-18-6-5-7-19(15-18)24-13-12-23-4/h5-9,14-16,22H,10-13H2,1-4H3. The zero-order valence-electron chi connectivity index (χ0n) is 15.7. The average Bonchev–Trinajstić information content (AvgIpc) is 2.59. The van der Waals surface area contributed by atoms with Crippen molar-refractivity contribution >= 4 is 5.69 Å². The van der Waals surface area contributed by atoms with Crippen LogP contribution < -0.4 is 14.8 Å². The summed E-state index contributed by atoms with van der Waals surface area (Å²) in [6, 6.07) is 14.3. The molecule has 136 valence electrons. The Labute approximate surface area is 151 Å². The van der Waals surface area contributed by atoms with Crippen molar-refractivity contribution in [1.82, 2.24) is 0 Å². The predicted octanol–water partition coefficient (Wildman–Crippen LogP) is 4.63. The number of hydrogen-bond acceptors (Lipinski definition) is 4. The molecule has 0 aliphatic carbocycles. The first kappa shape index (κ1) is 19.1. The average molecular weight is 343 g/mol. The highest BCUT2D eigenvalue weighted by molar-refractivity contribution is 5.48. The van der Waals surface area contributed by atoms with E-state index in [2.05, 4.69) is 44.3 Å². The van der Waals surface area contributed by atoms with E-state index in [0.717, 1.165) is 23.7 Å². The Hall–Kier alpha value is -2.20. The molecule has 0 unspecified atom stereocenters. The van der Waals surface area contributed by atoms with E-state index >= 15 is 0 Å². The lowest BCUT2D eigenvalue weighted by Gasteiger charge is -2.15. The number of rotatable bonds is 10. The molecule has 4 heteroatoms. The third-order valence-electron chi connectivity index (χ3n) is 3.87. The van der Waals surface area contributed by atoms with Crippen molar-refractivity contribution in [2.75, 3.05) is 38.8 Å². The minimum Gasteiger partial charge on any atom is -0.491 e. The lowest BCUT2D eigenvalue weighted by Crippen LogP contribution is -2.12. The van der Waals surface area contributed by atoms with E-state index in [4.69, 9.17) is 14.2 Å². The van der Waals surface area contributed by atoms with Gasteiger partial charge in [-0.3, -0.25) is 0 Å². The van der Waals surface area contributed by atoms with Crippen LogP contribution in [0.25, 0.3) is 0 Å². The molecule has 0 bridgehead atoms. The second kappa shape index (κ2) is 9.94. The number of nitrogens with one attached hydrogen (secondary N) is 1. The maximum absolute atomic E-state index is 6.00. The molecule has 0 radical (unpaired) electrons. The van der Waals surface area contributed by atoms with Crippen LogP contribution in [0.3, 0.4) is 0 Å². The van der Waals surface area contributed by atoms with Gasteiger partial charge in [-0.15, -0.1) is 0 Å². The molecule has 0 amide bonds. The van der Waals surface area contributed by atoms with Crippen molar-refractivity contribution in [3.05, 3.63) is 53.6 Å². The van der Waals surface area contributed by atoms with Crippen LogP contribution in [0.2, 0.25) is 0 Å². The fourth-order valence-corrected chi connectivity index (χ4v) is 2.54. The van der Waals surface area contributed by atoms with Crippen molar-refractivity contribution in [1.29, 1.82) is 0 Å². The Morgan fingerprint density at radius 2 is 1.80 bits per heavy atom. The minimum absolute atomic E-state index is 0.449. The zero-order valence-corrected chi connectivity index (χ0v) is 15.7. The summed E-state index contributed by atoms with van der Waals surface area (Å²) in [5.41, 5.74) is 3.49. The summed E-state index contributed by atoms with van der Waals surface area (Å²) >= 11 is 0. The van der Waals surface area contributed by atoms with E-state index in [1.807, 2.05) is 24.3 Å². The lowest BCUT2D eigenvalue weighted by molar-refractivity contribution is 0.146. The number of ether oxygens (including phenoxy) is 3. The molecule has 1 N–H and O–H groups in total. The van der Waals surface area contributed by atoms with Gasteiger partial charge < -0.3 is 19.5 Å². The molecular formula is C21H29NO3. The molecular weight excluding hydrogens is 314 g/mol. The van der Waals surface area contributed by atoms with Gasteiger partial charge in [-0.1, -0.05) is 32.0 Å². The molecule has 0 aliphatic heterocycles. The highest BCUT2D eigenvalue weighted by atomic mass is 16.5. The van der Waals surface area contributed by atoms with Crippen LogP contribution >= 0.6 is 0 Å². The van der Waals surface area contributed by atoms with E-state index in [0.29, 0.717) is 25.7 Å². The Balaban J connectivity index is 1.83. The summed E-state index contributed by atoms with van der Waals surface area (Å²) in [6.45, 7) is 8.93. The van der Waals surface area contributed by atoms with Crippen molar-refractivity contribution in [2.24, 2.45) is 0 Å². The van der Waals surface area contributed by atoms with E-state index in [-0.39, 0.29) is 0 Å². The van der Waals surface area contributed by atoms with Gasteiger partial charge in [0.05, 0.1) is 6.61 Å². The van der Waals surface area contributed by atoms with Crippen molar-refractivity contribution in [2.45, 2.75) is 26.7 Å². The van der Waals surface area contributed by atoms with Gasteiger partial charge in [0, 0.05) is 25.4 Å². The van der Waals surface area contributed by atoms with Crippen molar-refractivity contribution < 1.29 is 14.2 Å². The molecule has 0 aliphatic rings. The fraction of sp³-hybridized carbons (Fsp3) is 0.429. The summed E-state index contributed by atoms with van der Waals surface area (Å²) in [6.07, 6.45) is 0. The van der Waals surface area contributed by atoms with Gasteiger partial charge >= 0.3 is 0 Å². The van der Waals surface area contributed by atoms with Crippen LogP contribution in [0.15, 0.2) is 42.5 Å². The number of methoxy groups -OCH3 is 1. The molecule has 0 atom stereocenters. The molecule has 2 aromatic carbocycles. The van der Waals surface area contributed by atoms with Crippen molar-refractivity contribution in [3.63, 3.8) is 0 Å². The van der Waals surface area contributed by atoms with E-state index in [1.165, 1.54) is 11.1 Å². The van der Waals surface area contributed by atoms with Crippen LogP contribution in [-0.4, -0.2) is 33.5 Å². The second-order valence-electron chi connectivity index (χ2n) is 6.34. The largest absolute Gasteiger partial charge is 0.491 e. The Bertz CT molecular complexity index is 655. The van der Waals surface area contributed by atoms with E-state index in [9.17, 15) is 0 Å². The summed E-state index contributed by atoms with van der Waals surface area (Å²) in [4.78, 5) is 0. The minimum atomic E-state index is 0.449. The van der Waals surface area contributed by atoms with Gasteiger partial charge in [0.25, 0.3) is 0 Å².